The normalized spacial score (nSPS) is 13.8. The monoisotopic (exact) mass is 481 g/mol. The average Bonchev–Trinajstić information content (AvgIpc) is 2.80. The molecule has 2 amide bonds. The van der Waals surface area contributed by atoms with Crippen LogP contribution in [0.15, 0.2) is 60.0 Å². The quantitative estimate of drug-likeness (QED) is 0.523. The lowest BCUT2D eigenvalue weighted by Crippen LogP contribution is -2.45. The van der Waals surface area contributed by atoms with Crippen molar-refractivity contribution in [1.82, 2.24) is 4.57 Å². The van der Waals surface area contributed by atoms with Crippen LogP contribution in [0.25, 0.3) is 11.1 Å². The van der Waals surface area contributed by atoms with Gasteiger partial charge in [0, 0.05) is 30.1 Å². The number of carbonyl (C=O) groups is 2. The van der Waals surface area contributed by atoms with Crippen LogP contribution in [0, 0.1) is 13.8 Å². The Morgan fingerprint density at radius 3 is 2.51 bits per heavy atom. The maximum absolute atomic E-state index is 14.0. The van der Waals surface area contributed by atoms with Crippen LogP contribution >= 0.6 is 0 Å². The highest BCUT2D eigenvalue weighted by Gasteiger charge is 2.48. The fourth-order valence-electron chi connectivity index (χ4n) is 3.66. The van der Waals surface area contributed by atoms with E-state index in [4.69, 9.17) is 4.74 Å². The summed E-state index contributed by atoms with van der Waals surface area (Å²) < 4.78 is 39.7. The van der Waals surface area contributed by atoms with Crippen molar-refractivity contribution in [2.75, 3.05) is 10.6 Å². The lowest BCUT2D eigenvalue weighted by molar-refractivity contribution is -0.189. The van der Waals surface area contributed by atoms with E-state index in [-0.39, 0.29) is 17.0 Å². The molecule has 2 N–H and O–H groups in total. The van der Waals surface area contributed by atoms with E-state index in [1.807, 2.05) is 32.0 Å². The number of hydrogen-bond donors (Lipinski definition) is 2. The number of pyridine rings is 1. The SMILES string of the molecule is C=CC(=O)Nc1ccc(Oc2c(C)cccc2C)c(-c2cn(C)c(=O)c3c2NC(=O)C(F)(F)O3)c1. The number of fused-ring (bicyclic) bond motifs is 1. The number of anilines is 2. The Balaban J connectivity index is 1.96. The molecule has 0 spiro atoms. The van der Waals surface area contributed by atoms with E-state index in [1.54, 1.807) is 12.1 Å². The fourth-order valence-corrected chi connectivity index (χ4v) is 3.66. The zero-order chi connectivity index (χ0) is 25.5. The Morgan fingerprint density at radius 2 is 1.86 bits per heavy atom. The maximum atomic E-state index is 14.0. The molecule has 4 rings (SSSR count). The molecule has 0 atom stereocenters. The van der Waals surface area contributed by atoms with E-state index in [2.05, 4.69) is 21.9 Å². The predicted molar refractivity (Wildman–Crippen MR) is 126 cm³/mol. The van der Waals surface area contributed by atoms with E-state index in [1.165, 1.54) is 19.3 Å². The minimum Gasteiger partial charge on any atom is -0.456 e. The first kappa shape index (κ1) is 23.7. The molecule has 180 valence electrons. The van der Waals surface area contributed by atoms with Gasteiger partial charge < -0.3 is 24.7 Å². The molecule has 0 aliphatic carbocycles. The van der Waals surface area contributed by atoms with Gasteiger partial charge in [-0.25, -0.2) is 0 Å². The van der Waals surface area contributed by atoms with E-state index in [9.17, 15) is 23.2 Å². The van der Waals surface area contributed by atoms with Crippen molar-refractivity contribution in [1.29, 1.82) is 0 Å². The van der Waals surface area contributed by atoms with Gasteiger partial charge >= 0.3 is 12.0 Å². The summed E-state index contributed by atoms with van der Waals surface area (Å²) in [6, 6.07) is 10.3. The van der Waals surface area contributed by atoms with E-state index < -0.39 is 29.2 Å². The number of hydrogen-bond acceptors (Lipinski definition) is 5. The summed E-state index contributed by atoms with van der Waals surface area (Å²) in [7, 11) is 1.36. The molecule has 10 heteroatoms. The smallest absolute Gasteiger partial charge is 0.456 e. The number of aryl methyl sites for hydroxylation is 3. The van der Waals surface area contributed by atoms with Crippen molar-refractivity contribution >= 4 is 23.2 Å². The van der Waals surface area contributed by atoms with Crippen LogP contribution in [-0.2, 0) is 16.6 Å². The van der Waals surface area contributed by atoms with Gasteiger partial charge in [0.15, 0.2) is 0 Å². The number of nitrogens with one attached hydrogen (secondary N) is 2. The number of halogens is 2. The zero-order valence-corrected chi connectivity index (χ0v) is 19.1. The molecule has 8 nitrogen and oxygen atoms in total. The number of amides is 2. The third-order valence-electron chi connectivity index (χ3n) is 5.41. The first-order valence-corrected chi connectivity index (χ1v) is 10.5. The van der Waals surface area contributed by atoms with Gasteiger partial charge in [0.05, 0.1) is 5.69 Å². The first-order chi connectivity index (χ1) is 16.5. The van der Waals surface area contributed by atoms with Gasteiger partial charge in [0.2, 0.25) is 11.7 Å². The summed E-state index contributed by atoms with van der Waals surface area (Å²) in [5.74, 6) is -2.05. The van der Waals surface area contributed by atoms with Crippen molar-refractivity contribution in [2.45, 2.75) is 20.0 Å². The van der Waals surface area contributed by atoms with Gasteiger partial charge in [0.25, 0.3) is 5.56 Å². The van der Waals surface area contributed by atoms with Gasteiger partial charge in [-0.15, -0.1) is 0 Å². The number of rotatable bonds is 5. The van der Waals surface area contributed by atoms with E-state index >= 15 is 0 Å². The summed E-state index contributed by atoms with van der Waals surface area (Å²) in [6.07, 6.45) is -1.76. The van der Waals surface area contributed by atoms with Crippen LogP contribution in [0.4, 0.5) is 20.2 Å². The van der Waals surface area contributed by atoms with Crippen LogP contribution in [-0.4, -0.2) is 22.5 Å². The molecule has 0 saturated carbocycles. The standard InChI is InChI=1S/C25H21F2N3O5/c1-5-19(31)28-15-9-10-18(34-21-13(2)7-6-8-14(21)3)16(11-15)17-12-30(4)23(32)22-20(17)29-24(33)25(26,27)35-22/h5-12H,1H2,2-4H3,(H,28,31)(H,29,33). The molecule has 0 unspecified atom stereocenters. The highest BCUT2D eigenvalue weighted by molar-refractivity contribution is 6.04. The second kappa shape index (κ2) is 8.71. The van der Waals surface area contributed by atoms with Crippen molar-refractivity contribution in [3.05, 3.63) is 76.7 Å². The van der Waals surface area contributed by atoms with Gasteiger partial charge in [-0.2, -0.15) is 8.78 Å². The maximum Gasteiger partial charge on any atom is 0.482 e. The number of ether oxygens (including phenoxy) is 2. The predicted octanol–water partition coefficient (Wildman–Crippen LogP) is 4.51. The Bertz CT molecular complexity index is 1430. The second-order valence-corrected chi connectivity index (χ2v) is 7.96. The van der Waals surface area contributed by atoms with Crippen LogP contribution in [0.2, 0.25) is 0 Å². The Labute approximate surface area is 198 Å². The summed E-state index contributed by atoms with van der Waals surface area (Å²) in [4.78, 5) is 36.4. The van der Waals surface area contributed by atoms with E-state index in [0.29, 0.717) is 17.0 Å². The van der Waals surface area contributed by atoms with Gasteiger partial charge in [-0.3, -0.25) is 14.4 Å². The first-order valence-electron chi connectivity index (χ1n) is 10.5. The van der Waals surface area contributed by atoms with Crippen molar-refractivity contribution in [3.63, 3.8) is 0 Å². The molecule has 1 aliphatic rings. The third-order valence-corrected chi connectivity index (χ3v) is 5.41. The van der Waals surface area contributed by atoms with Crippen LogP contribution in [0.5, 0.6) is 17.2 Å². The number of carbonyl (C=O) groups excluding carboxylic acids is 2. The summed E-state index contributed by atoms with van der Waals surface area (Å²) >= 11 is 0. The number of nitrogens with zero attached hydrogens (tertiary/aromatic N) is 1. The molecule has 3 aromatic rings. The molecule has 2 aromatic carbocycles. The molecule has 2 heterocycles. The number of benzene rings is 2. The molecule has 0 bridgehead atoms. The topological polar surface area (TPSA) is 98.7 Å². The van der Waals surface area contributed by atoms with Crippen molar-refractivity contribution < 1.29 is 27.8 Å². The minimum atomic E-state index is -4.21. The summed E-state index contributed by atoms with van der Waals surface area (Å²) in [5.41, 5.74) is 1.41. The van der Waals surface area contributed by atoms with Gasteiger partial charge in [-0.1, -0.05) is 24.8 Å². The highest BCUT2D eigenvalue weighted by Crippen LogP contribution is 2.44. The minimum absolute atomic E-state index is 0.168. The molecular weight excluding hydrogens is 460 g/mol. The third kappa shape index (κ3) is 4.37. The zero-order valence-electron chi connectivity index (χ0n) is 19.1. The molecule has 35 heavy (non-hydrogen) atoms. The second-order valence-electron chi connectivity index (χ2n) is 7.96. The van der Waals surface area contributed by atoms with Crippen LogP contribution < -0.4 is 25.7 Å². The van der Waals surface area contributed by atoms with Gasteiger partial charge in [-0.05, 0) is 49.2 Å². The van der Waals surface area contributed by atoms with Crippen LogP contribution in [0.3, 0.4) is 0 Å². The fraction of sp³-hybridized carbons (Fsp3) is 0.160. The highest BCUT2D eigenvalue weighted by atomic mass is 19.3. The summed E-state index contributed by atoms with van der Waals surface area (Å²) in [5, 5.41) is 4.71. The Morgan fingerprint density at radius 1 is 1.17 bits per heavy atom. The largest absolute Gasteiger partial charge is 0.482 e. The molecule has 0 fully saturated rings. The molecule has 1 aliphatic heterocycles. The van der Waals surface area contributed by atoms with Gasteiger partial charge in [0.1, 0.15) is 11.5 Å². The molecular formula is C25H21F2N3O5. The Kier molecular flexibility index (Phi) is 5.89. The number of aromatic nitrogens is 1. The molecule has 0 radical (unpaired) electrons. The van der Waals surface area contributed by atoms with Crippen molar-refractivity contribution in [2.24, 2.45) is 7.05 Å². The lowest BCUT2D eigenvalue weighted by atomic mass is 10.0. The van der Waals surface area contributed by atoms with Crippen molar-refractivity contribution in [3.8, 4) is 28.4 Å². The molecule has 0 saturated heterocycles. The number of alkyl halides is 2. The van der Waals surface area contributed by atoms with Crippen LogP contribution in [0.1, 0.15) is 11.1 Å². The summed E-state index contributed by atoms with van der Waals surface area (Å²) in [6.45, 7) is 7.15. The lowest BCUT2D eigenvalue weighted by Gasteiger charge is -2.27. The average molecular weight is 481 g/mol. The number of para-hydroxylation sites is 1. The van der Waals surface area contributed by atoms with E-state index in [0.717, 1.165) is 21.8 Å². The molecule has 1 aromatic heterocycles. The Hall–Kier alpha value is -4.47.